The lowest BCUT2D eigenvalue weighted by Gasteiger charge is -2.24. The van der Waals surface area contributed by atoms with E-state index >= 15 is 0 Å². The smallest absolute Gasteiger partial charge is 0.147 e. The highest BCUT2D eigenvalue weighted by molar-refractivity contribution is 6.33. The zero-order chi connectivity index (χ0) is 13.5. The summed E-state index contributed by atoms with van der Waals surface area (Å²) in [4.78, 5) is 8.76. The van der Waals surface area contributed by atoms with Crippen molar-refractivity contribution in [1.82, 2.24) is 9.88 Å². The second-order valence-electron chi connectivity index (χ2n) is 4.55. The molecule has 0 atom stereocenters. The van der Waals surface area contributed by atoms with Crippen molar-refractivity contribution in [3.63, 3.8) is 0 Å². The van der Waals surface area contributed by atoms with Crippen LogP contribution >= 0.6 is 11.6 Å². The minimum Gasteiger partial charge on any atom is -0.356 e. The molecule has 1 rings (SSSR count). The van der Waals surface area contributed by atoms with Gasteiger partial charge in [0.2, 0.25) is 0 Å². The molecular weight excluding hydrogens is 248 g/mol. The van der Waals surface area contributed by atoms with Gasteiger partial charge < -0.3 is 15.5 Å². The van der Waals surface area contributed by atoms with Crippen LogP contribution in [0.3, 0.4) is 0 Å². The molecule has 1 heterocycles. The first-order valence-corrected chi connectivity index (χ1v) is 6.71. The second-order valence-corrected chi connectivity index (χ2v) is 4.93. The highest BCUT2D eigenvalue weighted by Gasteiger charge is 2.12. The van der Waals surface area contributed by atoms with E-state index in [2.05, 4.69) is 35.8 Å². The van der Waals surface area contributed by atoms with E-state index < -0.39 is 0 Å². The lowest BCUT2D eigenvalue weighted by atomic mass is 10.2. The van der Waals surface area contributed by atoms with Crippen LogP contribution in [0, 0.1) is 0 Å². The van der Waals surface area contributed by atoms with E-state index in [1.807, 2.05) is 6.07 Å². The predicted molar refractivity (Wildman–Crippen MR) is 78.2 cm³/mol. The average molecular weight is 271 g/mol. The lowest BCUT2D eigenvalue weighted by molar-refractivity contribution is 0.400. The van der Waals surface area contributed by atoms with Crippen molar-refractivity contribution in [2.45, 2.75) is 19.9 Å². The van der Waals surface area contributed by atoms with Gasteiger partial charge in [-0.05, 0) is 45.6 Å². The Morgan fingerprint density at radius 3 is 2.61 bits per heavy atom. The fourth-order valence-electron chi connectivity index (χ4n) is 1.84. The Morgan fingerprint density at radius 1 is 1.33 bits per heavy atom. The van der Waals surface area contributed by atoms with Gasteiger partial charge in [0.1, 0.15) is 5.82 Å². The highest BCUT2D eigenvalue weighted by atomic mass is 35.5. The van der Waals surface area contributed by atoms with Crippen molar-refractivity contribution in [3.8, 4) is 0 Å². The summed E-state index contributed by atoms with van der Waals surface area (Å²) in [6.07, 6.45) is 2.86. The maximum Gasteiger partial charge on any atom is 0.147 e. The fraction of sp³-hybridized carbons (Fsp3) is 0.615. The standard InChI is InChI=1S/C13H23ClN4/c1-4-18(9-5-8-17(2)3)13-12(14)11(10-15)6-7-16-13/h6-7H,4-5,8-10,15H2,1-3H3. The molecule has 0 spiro atoms. The summed E-state index contributed by atoms with van der Waals surface area (Å²) in [6.45, 7) is 5.47. The predicted octanol–water partition coefficient (Wildman–Crippen LogP) is 1.97. The van der Waals surface area contributed by atoms with Crippen molar-refractivity contribution in [2.75, 3.05) is 38.6 Å². The number of rotatable bonds is 7. The number of hydrogen-bond donors (Lipinski definition) is 1. The summed E-state index contributed by atoms with van der Waals surface area (Å²) in [6, 6.07) is 1.87. The van der Waals surface area contributed by atoms with Gasteiger partial charge >= 0.3 is 0 Å². The lowest BCUT2D eigenvalue weighted by Crippen LogP contribution is -2.28. The summed E-state index contributed by atoms with van der Waals surface area (Å²) < 4.78 is 0. The molecular formula is C13H23ClN4. The minimum atomic E-state index is 0.448. The number of hydrogen-bond acceptors (Lipinski definition) is 4. The van der Waals surface area contributed by atoms with Gasteiger partial charge in [-0.3, -0.25) is 0 Å². The van der Waals surface area contributed by atoms with Gasteiger partial charge in [-0.1, -0.05) is 11.6 Å². The van der Waals surface area contributed by atoms with Crippen LogP contribution in [-0.4, -0.2) is 43.6 Å². The van der Waals surface area contributed by atoms with E-state index in [-0.39, 0.29) is 0 Å². The molecule has 0 radical (unpaired) electrons. The molecule has 0 aliphatic rings. The summed E-state index contributed by atoms with van der Waals surface area (Å²) in [7, 11) is 4.16. The van der Waals surface area contributed by atoms with Crippen molar-refractivity contribution in [1.29, 1.82) is 0 Å². The third-order valence-electron chi connectivity index (χ3n) is 2.89. The molecule has 0 saturated heterocycles. The molecule has 0 aromatic carbocycles. The molecule has 0 fully saturated rings. The Morgan fingerprint density at radius 2 is 2.06 bits per heavy atom. The normalized spacial score (nSPS) is 11.0. The molecule has 0 amide bonds. The first-order chi connectivity index (χ1) is 8.60. The van der Waals surface area contributed by atoms with Crippen LogP contribution in [0.25, 0.3) is 0 Å². The molecule has 0 aliphatic heterocycles. The Labute approximate surface area is 115 Å². The number of nitrogens with two attached hydrogens (primary N) is 1. The van der Waals surface area contributed by atoms with Gasteiger partial charge in [0.05, 0.1) is 5.02 Å². The molecule has 0 saturated carbocycles. The number of nitrogens with zero attached hydrogens (tertiary/aromatic N) is 3. The summed E-state index contributed by atoms with van der Waals surface area (Å²) in [5.74, 6) is 0.848. The first kappa shape index (κ1) is 15.2. The van der Waals surface area contributed by atoms with E-state index in [0.717, 1.165) is 37.4 Å². The molecule has 5 heteroatoms. The van der Waals surface area contributed by atoms with Crippen LogP contribution in [-0.2, 0) is 6.54 Å². The van der Waals surface area contributed by atoms with E-state index in [9.17, 15) is 0 Å². The number of aromatic nitrogens is 1. The average Bonchev–Trinajstić information content (AvgIpc) is 2.35. The molecule has 4 nitrogen and oxygen atoms in total. The Balaban J connectivity index is 2.75. The van der Waals surface area contributed by atoms with Gasteiger partial charge in [-0.25, -0.2) is 4.98 Å². The van der Waals surface area contributed by atoms with Crippen LogP contribution in [0.15, 0.2) is 12.3 Å². The third-order valence-corrected chi connectivity index (χ3v) is 3.30. The van der Waals surface area contributed by atoms with E-state index in [1.54, 1.807) is 6.20 Å². The monoisotopic (exact) mass is 270 g/mol. The van der Waals surface area contributed by atoms with Crippen molar-refractivity contribution < 1.29 is 0 Å². The summed E-state index contributed by atoms with van der Waals surface area (Å²) in [5, 5.41) is 0.687. The van der Waals surface area contributed by atoms with Gasteiger partial charge in [0, 0.05) is 25.8 Å². The van der Waals surface area contributed by atoms with Crippen LogP contribution in [0.2, 0.25) is 5.02 Å². The molecule has 1 aromatic heterocycles. The van der Waals surface area contributed by atoms with Crippen LogP contribution in [0.4, 0.5) is 5.82 Å². The zero-order valence-electron chi connectivity index (χ0n) is 11.5. The number of anilines is 1. The fourth-order valence-corrected chi connectivity index (χ4v) is 2.15. The van der Waals surface area contributed by atoms with Crippen LogP contribution in [0.5, 0.6) is 0 Å². The molecule has 0 aliphatic carbocycles. The molecule has 0 bridgehead atoms. The molecule has 1 aromatic rings. The maximum atomic E-state index is 6.33. The Hall–Kier alpha value is -0.840. The topological polar surface area (TPSA) is 45.4 Å². The SMILES string of the molecule is CCN(CCCN(C)C)c1nccc(CN)c1Cl. The van der Waals surface area contributed by atoms with Gasteiger partial charge in [-0.15, -0.1) is 0 Å². The van der Waals surface area contributed by atoms with Crippen LogP contribution < -0.4 is 10.6 Å². The Kier molecular flexibility index (Phi) is 6.39. The van der Waals surface area contributed by atoms with E-state index in [0.29, 0.717) is 11.6 Å². The number of pyridine rings is 1. The summed E-state index contributed by atoms with van der Waals surface area (Å²) in [5.41, 5.74) is 6.62. The highest BCUT2D eigenvalue weighted by Crippen LogP contribution is 2.26. The summed E-state index contributed by atoms with van der Waals surface area (Å²) >= 11 is 6.33. The molecule has 18 heavy (non-hydrogen) atoms. The van der Waals surface area contributed by atoms with E-state index in [1.165, 1.54) is 0 Å². The van der Waals surface area contributed by atoms with E-state index in [4.69, 9.17) is 17.3 Å². The first-order valence-electron chi connectivity index (χ1n) is 6.33. The zero-order valence-corrected chi connectivity index (χ0v) is 12.2. The quantitative estimate of drug-likeness (QED) is 0.823. The molecule has 2 N–H and O–H groups in total. The minimum absolute atomic E-state index is 0.448. The van der Waals surface area contributed by atoms with Crippen molar-refractivity contribution >= 4 is 17.4 Å². The number of halogens is 1. The maximum absolute atomic E-state index is 6.33. The molecule has 102 valence electrons. The van der Waals surface area contributed by atoms with Crippen molar-refractivity contribution in [3.05, 3.63) is 22.8 Å². The second kappa shape index (κ2) is 7.56. The third kappa shape index (κ3) is 4.12. The molecule has 0 unspecified atom stereocenters. The van der Waals surface area contributed by atoms with Crippen LogP contribution in [0.1, 0.15) is 18.9 Å². The largest absolute Gasteiger partial charge is 0.356 e. The van der Waals surface area contributed by atoms with Gasteiger partial charge in [0.15, 0.2) is 0 Å². The Bertz CT molecular complexity index is 368. The van der Waals surface area contributed by atoms with Gasteiger partial charge in [-0.2, -0.15) is 0 Å². The van der Waals surface area contributed by atoms with Crippen molar-refractivity contribution in [2.24, 2.45) is 5.73 Å². The van der Waals surface area contributed by atoms with Gasteiger partial charge in [0.25, 0.3) is 0 Å².